The van der Waals surface area contributed by atoms with E-state index in [-0.39, 0.29) is 0 Å². The predicted molar refractivity (Wildman–Crippen MR) is 124 cm³/mol. The summed E-state index contributed by atoms with van der Waals surface area (Å²) < 4.78 is 0. The first-order valence-electron chi connectivity index (χ1n) is 10.3. The third-order valence-electron chi connectivity index (χ3n) is 6.65. The number of hydrogen-bond acceptors (Lipinski definition) is 0. The molecule has 3 aliphatic carbocycles. The van der Waals surface area contributed by atoms with Crippen LogP contribution < -0.4 is 0 Å². The summed E-state index contributed by atoms with van der Waals surface area (Å²) >= 11 is 0. The maximum atomic E-state index is 2.42. The highest BCUT2D eigenvalue weighted by Crippen LogP contribution is 2.47. The minimum atomic E-state index is 1.03. The van der Waals surface area contributed by atoms with Crippen molar-refractivity contribution in [1.29, 1.82) is 0 Å². The quantitative estimate of drug-likeness (QED) is 0.257. The van der Waals surface area contributed by atoms with E-state index in [1.165, 1.54) is 65.7 Å². The van der Waals surface area contributed by atoms with Gasteiger partial charge in [-0.1, -0.05) is 84.9 Å². The van der Waals surface area contributed by atoms with E-state index >= 15 is 0 Å². The van der Waals surface area contributed by atoms with Gasteiger partial charge in [-0.3, -0.25) is 0 Å². The Balaban J connectivity index is 1.69. The molecule has 0 N–H and O–H groups in total. The van der Waals surface area contributed by atoms with Crippen LogP contribution in [0.25, 0.3) is 54.6 Å². The van der Waals surface area contributed by atoms with Crippen molar-refractivity contribution in [3.8, 4) is 22.3 Å². The highest BCUT2D eigenvalue weighted by atomic mass is 14.3. The molecule has 0 fully saturated rings. The second kappa shape index (κ2) is 5.46. The van der Waals surface area contributed by atoms with Gasteiger partial charge >= 0.3 is 0 Å². The summed E-state index contributed by atoms with van der Waals surface area (Å²) in [5, 5.41) is 8.08. The Kier molecular flexibility index (Phi) is 2.88. The molecule has 0 radical (unpaired) electrons. The molecule has 7 rings (SSSR count). The second-order valence-electron chi connectivity index (χ2n) is 8.14. The fourth-order valence-corrected chi connectivity index (χ4v) is 5.39. The second-order valence-corrected chi connectivity index (χ2v) is 8.14. The van der Waals surface area contributed by atoms with Crippen molar-refractivity contribution in [2.75, 3.05) is 0 Å². The van der Waals surface area contributed by atoms with Crippen molar-refractivity contribution in [3.05, 3.63) is 108 Å². The molecule has 0 saturated heterocycles. The predicted octanol–water partition coefficient (Wildman–Crippen LogP) is 7.82. The average molecular weight is 366 g/mol. The fourth-order valence-electron chi connectivity index (χ4n) is 5.39. The Labute approximate surface area is 169 Å². The van der Waals surface area contributed by atoms with Crippen LogP contribution in [0.4, 0.5) is 0 Å². The monoisotopic (exact) mass is 366 g/mol. The smallest absolute Gasteiger partial charge is 0.000728 e. The lowest BCUT2D eigenvalue weighted by molar-refractivity contribution is 1.29. The van der Waals surface area contributed by atoms with Gasteiger partial charge in [-0.15, -0.1) is 0 Å². The van der Waals surface area contributed by atoms with Crippen LogP contribution in [0.2, 0.25) is 0 Å². The third kappa shape index (κ3) is 1.98. The molecule has 4 aromatic carbocycles. The summed E-state index contributed by atoms with van der Waals surface area (Å²) in [6, 6.07) is 35.9. The molecule has 0 heteroatoms. The molecule has 0 spiro atoms. The zero-order valence-corrected chi connectivity index (χ0v) is 15.9. The average Bonchev–Trinajstić information content (AvgIpc) is 3.28. The van der Waals surface area contributed by atoms with Gasteiger partial charge in [0.25, 0.3) is 0 Å². The summed E-state index contributed by atoms with van der Waals surface area (Å²) in [5.41, 5.74) is 8.45. The van der Waals surface area contributed by atoms with Gasteiger partial charge in [-0.25, -0.2) is 0 Å². The van der Waals surface area contributed by atoms with Crippen LogP contribution in [0, 0.1) is 0 Å². The van der Waals surface area contributed by atoms with Gasteiger partial charge in [0.05, 0.1) is 0 Å². The molecule has 0 bridgehead atoms. The van der Waals surface area contributed by atoms with Crippen molar-refractivity contribution in [2.24, 2.45) is 0 Å². The van der Waals surface area contributed by atoms with E-state index in [9.17, 15) is 0 Å². The van der Waals surface area contributed by atoms with Crippen LogP contribution >= 0.6 is 0 Å². The normalized spacial score (nSPS) is 12.7. The maximum absolute atomic E-state index is 2.42. The molecule has 0 aliphatic heterocycles. The molecule has 0 nitrogen and oxygen atoms in total. The molecule has 4 aromatic rings. The van der Waals surface area contributed by atoms with Gasteiger partial charge in [-0.2, -0.15) is 0 Å². The molecule has 0 unspecified atom stereocenters. The number of rotatable bonds is 0. The van der Waals surface area contributed by atoms with E-state index < -0.39 is 0 Å². The van der Waals surface area contributed by atoms with Crippen LogP contribution in [0.3, 0.4) is 0 Å². The minimum absolute atomic E-state index is 1.03. The SMILES string of the molecule is c1ccc2c(c1)Cc1c-2ccc2c3c4ccccc4c4ccccc4cc-3cc12. The fraction of sp³-hybridized carbons (Fsp3) is 0.0345. The Bertz CT molecular complexity index is 1570. The van der Waals surface area contributed by atoms with Gasteiger partial charge < -0.3 is 0 Å². The molecule has 134 valence electrons. The Morgan fingerprint density at radius 1 is 0.483 bits per heavy atom. The maximum Gasteiger partial charge on any atom is -0.000728 e. The van der Waals surface area contributed by atoms with E-state index in [1.807, 2.05) is 0 Å². The number of benzene rings is 4. The third-order valence-corrected chi connectivity index (χ3v) is 6.65. The molecule has 0 aromatic heterocycles. The summed E-state index contributed by atoms with van der Waals surface area (Å²) in [5.74, 6) is 0. The lowest BCUT2D eigenvalue weighted by Gasteiger charge is -2.04. The van der Waals surface area contributed by atoms with Crippen LogP contribution in [-0.4, -0.2) is 0 Å². The van der Waals surface area contributed by atoms with E-state index in [0.717, 1.165) is 6.42 Å². The van der Waals surface area contributed by atoms with E-state index in [4.69, 9.17) is 0 Å². The minimum Gasteiger partial charge on any atom is -0.0619 e. The van der Waals surface area contributed by atoms with Gasteiger partial charge in [-0.05, 0) is 84.3 Å². The lowest BCUT2D eigenvalue weighted by atomic mass is 9.99. The zero-order valence-electron chi connectivity index (χ0n) is 15.9. The van der Waals surface area contributed by atoms with Gasteiger partial charge in [0.15, 0.2) is 0 Å². The largest absolute Gasteiger partial charge is 0.0619 e. The van der Waals surface area contributed by atoms with Gasteiger partial charge in [0, 0.05) is 0 Å². The first-order valence-corrected chi connectivity index (χ1v) is 10.3. The number of hydrogen-bond donors (Lipinski definition) is 0. The van der Waals surface area contributed by atoms with Crippen molar-refractivity contribution in [3.63, 3.8) is 0 Å². The lowest BCUT2D eigenvalue weighted by Crippen LogP contribution is -1.81. The van der Waals surface area contributed by atoms with Crippen molar-refractivity contribution in [2.45, 2.75) is 6.42 Å². The van der Waals surface area contributed by atoms with Crippen molar-refractivity contribution < 1.29 is 0 Å². The first-order chi connectivity index (χ1) is 14.4. The Hall–Kier alpha value is -3.64. The van der Waals surface area contributed by atoms with Crippen molar-refractivity contribution in [1.82, 2.24) is 0 Å². The summed E-state index contributed by atoms with van der Waals surface area (Å²) in [4.78, 5) is 0. The molecule has 0 saturated carbocycles. The van der Waals surface area contributed by atoms with Crippen LogP contribution in [0.15, 0.2) is 97.1 Å². The molecule has 3 aliphatic rings. The Morgan fingerprint density at radius 2 is 1.21 bits per heavy atom. The van der Waals surface area contributed by atoms with Crippen LogP contribution in [-0.2, 0) is 6.42 Å². The van der Waals surface area contributed by atoms with Gasteiger partial charge in [0.2, 0.25) is 0 Å². The molecule has 29 heavy (non-hydrogen) atoms. The Morgan fingerprint density at radius 3 is 2.14 bits per heavy atom. The van der Waals surface area contributed by atoms with E-state index in [0.29, 0.717) is 0 Å². The first kappa shape index (κ1) is 15.3. The topological polar surface area (TPSA) is 0 Å². The molecular weight excluding hydrogens is 348 g/mol. The summed E-state index contributed by atoms with van der Waals surface area (Å²) in [6.45, 7) is 0. The van der Waals surface area contributed by atoms with Crippen LogP contribution in [0.5, 0.6) is 0 Å². The van der Waals surface area contributed by atoms with Crippen LogP contribution in [0.1, 0.15) is 11.1 Å². The zero-order chi connectivity index (χ0) is 18.9. The summed E-state index contributed by atoms with van der Waals surface area (Å²) in [6.07, 6.45) is 1.03. The van der Waals surface area contributed by atoms with Crippen molar-refractivity contribution >= 4 is 32.3 Å². The highest BCUT2D eigenvalue weighted by molar-refractivity contribution is 6.20. The molecule has 0 atom stereocenters. The summed E-state index contributed by atoms with van der Waals surface area (Å²) in [7, 11) is 0. The standard InChI is InChI=1S/C29H18/c1-3-9-21-18(7-1)15-20-17-28-26(29(20)25-12-6-5-11-23(21)25)14-13-24-22-10-4-2-8-19(22)16-27(24)28/h1-15,17H,16H2. The molecular formula is C29H18. The van der Waals surface area contributed by atoms with Gasteiger partial charge in [0.1, 0.15) is 0 Å². The molecule has 0 heterocycles. The number of fused-ring (bicyclic) bond motifs is 11. The highest BCUT2D eigenvalue weighted by Gasteiger charge is 2.23. The van der Waals surface area contributed by atoms with E-state index in [2.05, 4.69) is 97.1 Å². The molecule has 0 amide bonds. The van der Waals surface area contributed by atoms with E-state index in [1.54, 1.807) is 0 Å².